The molecule has 1 N–H and O–H groups in total. The molecule has 5 rings (SSSR count). The standard InChI is InChI=1S/C30H31FN4O2/c31-25-13-10-22(11-14-25)21-34-16-18-35(19-17-34)30(37)24-12-15-28(32-20-24)29(36)33-27-9-5-4-8-26(27)23-6-2-1-3-7-23/h1-2,5-6,9-15,20H,3-4,7-8,16-19,21H2,(H,33,36). The summed E-state index contributed by atoms with van der Waals surface area (Å²) in [5, 5.41) is 3.03. The van der Waals surface area contributed by atoms with E-state index in [0.29, 0.717) is 18.7 Å². The first kappa shape index (κ1) is 24.8. The van der Waals surface area contributed by atoms with Crippen LogP contribution in [0.25, 0.3) is 0 Å². The highest BCUT2D eigenvalue weighted by atomic mass is 19.1. The van der Waals surface area contributed by atoms with E-state index >= 15 is 0 Å². The number of nitrogens with one attached hydrogen (secondary N) is 1. The first-order chi connectivity index (χ1) is 18.1. The maximum Gasteiger partial charge on any atom is 0.274 e. The lowest BCUT2D eigenvalue weighted by atomic mass is 9.90. The summed E-state index contributed by atoms with van der Waals surface area (Å²) < 4.78 is 13.1. The largest absolute Gasteiger partial charge is 0.336 e. The normalized spacial score (nSPS) is 18.1. The summed E-state index contributed by atoms with van der Waals surface area (Å²) in [6.45, 7) is 3.44. The minimum Gasteiger partial charge on any atom is -0.336 e. The fourth-order valence-electron chi connectivity index (χ4n) is 4.95. The summed E-state index contributed by atoms with van der Waals surface area (Å²) in [4.78, 5) is 34.3. The second-order valence-electron chi connectivity index (χ2n) is 9.57. The third-order valence-electron chi connectivity index (χ3n) is 7.04. The molecule has 0 unspecified atom stereocenters. The van der Waals surface area contributed by atoms with Crippen LogP contribution in [0.3, 0.4) is 0 Å². The molecular weight excluding hydrogens is 467 g/mol. The van der Waals surface area contributed by atoms with Gasteiger partial charge in [0.15, 0.2) is 0 Å². The first-order valence-corrected chi connectivity index (χ1v) is 12.9. The van der Waals surface area contributed by atoms with E-state index in [2.05, 4.69) is 39.5 Å². The van der Waals surface area contributed by atoms with Gasteiger partial charge in [-0.25, -0.2) is 4.39 Å². The first-order valence-electron chi connectivity index (χ1n) is 12.9. The predicted octanol–water partition coefficient (Wildman–Crippen LogP) is 4.79. The van der Waals surface area contributed by atoms with Crippen molar-refractivity contribution in [2.24, 2.45) is 0 Å². The van der Waals surface area contributed by atoms with E-state index in [-0.39, 0.29) is 23.3 Å². The molecule has 3 aliphatic rings. The van der Waals surface area contributed by atoms with Gasteiger partial charge in [0.2, 0.25) is 0 Å². The number of carbonyl (C=O) groups excluding carboxylic acids is 2. The van der Waals surface area contributed by atoms with Crippen LogP contribution in [-0.4, -0.2) is 52.8 Å². The second kappa shape index (κ2) is 11.5. The van der Waals surface area contributed by atoms with Crippen molar-refractivity contribution in [2.75, 3.05) is 26.2 Å². The highest BCUT2D eigenvalue weighted by molar-refractivity contribution is 5.97. The molecule has 0 saturated carbocycles. The molecule has 6 nitrogen and oxygen atoms in total. The molecule has 1 fully saturated rings. The van der Waals surface area contributed by atoms with E-state index in [1.807, 2.05) is 11.0 Å². The van der Waals surface area contributed by atoms with Crippen molar-refractivity contribution < 1.29 is 14.0 Å². The molecule has 1 aromatic heterocycles. The van der Waals surface area contributed by atoms with Crippen LogP contribution in [0, 0.1) is 5.82 Å². The average molecular weight is 499 g/mol. The Hall–Kier alpha value is -3.84. The van der Waals surface area contributed by atoms with Gasteiger partial charge in [0.25, 0.3) is 11.8 Å². The summed E-state index contributed by atoms with van der Waals surface area (Å²) in [6.07, 6.45) is 15.8. The maximum absolute atomic E-state index is 13.1. The summed E-state index contributed by atoms with van der Waals surface area (Å²) in [6, 6.07) is 9.82. The smallest absolute Gasteiger partial charge is 0.274 e. The van der Waals surface area contributed by atoms with Gasteiger partial charge in [-0.05, 0) is 72.7 Å². The van der Waals surface area contributed by atoms with Crippen LogP contribution in [0.15, 0.2) is 89.8 Å². The Morgan fingerprint density at radius 3 is 2.43 bits per heavy atom. The van der Waals surface area contributed by atoms with E-state index in [4.69, 9.17) is 0 Å². The van der Waals surface area contributed by atoms with Gasteiger partial charge in [-0.15, -0.1) is 0 Å². The fraction of sp³-hybridized carbons (Fsp3) is 0.300. The van der Waals surface area contributed by atoms with Gasteiger partial charge in [0, 0.05) is 44.6 Å². The van der Waals surface area contributed by atoms with Crippen LogP contribution in [0.4, 0.5) is 4.39 Å². The topological polar surface area (TPSA) is 65.5 Å². The molecule has 0 bridgehead atoms. The number of hydrogen-bond donors (Lipinski definition) is 1. The second-order valence-corrected chi connectivity index (χ2v) is 9.57. The summed E-state index contributed by atoms with van der Waals surface area (Å²) in [7, 11) is 0. The van der Waals surface area contributed by atoms with Crippen LogP contribution in [0.5, 0.6) is 0 Å². The molecule has 1 aliphatic heterocycles. The van der Waals surface area contributed by atoms with Crippen molar-refractivity contribution in [1.82, 2.24) is 20.1 Å². The Bertz CT molecular complexity index is 1270. The van der Waals surface area contributed by atoms with Crippen molar-refractivity contribution in [3.8, 4) is 0 Å². The Morgan fingerprint density at radius 2 is 1.73 bits per heavy atom. The Labute approximate surface area is 216 Å². The monoisotopic (exact) mass is 498 g/mol. The third-order valence-corrected chi connectivity index (χ3v) is 7.04. The number of hydrogen-bond acceptors (Lipinski definition) is 4. The quantitative estimate of drug-likeness (QED) is 0.622. The number of amides is 2. The molecule has 2 aliphatic carbocycles. The number of rotatable bonds is 6. The highest BCUT2D eigenvalue weighted by Gasteiger charge is 2.23. The molecular formula is C30H31FN4O2. The van der Waals surface area contributed by atoms with Crippen molar-refractivity contribution >= 4 is 11.8 Å². The lowest BCUT2D eigenvalue weighted by Gasteiger charge is -2.34. The number of allylic oxidation sites excluding steroid dienone is 7. The van der Waals surface area contributed by atoms with Crippen LogP contribution in [-0.2, 0) is 6.54 Å². The molecule has 2 heterocycles. The third kappa shape index (κ3) is 6.12. The Kier molecular flexibility index (Phi) is 7.70. The van der Waals surface area contributed by atoms with Gasteiger partial charge in [0.05, 0.1) is 5.56 Å². The van der Waals surface area contributed by atoms with Gasteiger partial charge < -0.3 is 10.2 Å². The Morgan fingerprint density at radius 1 is 0.946 bits per heavy atom. The van der Waals surface area contributed by atoms with Crippen LogP contribution < -0.4 is 5.32 Å². The zero-order valence-electron chi connectivity index (χ0n) is 20.8. The number of halogens is 1. The van der Waals surface area contributed by atoms with Gasteiger partial charge in [0.1, 0.15) is 11.5 Å². The lowest BCUT2D eigenvalue weighted by Crippen LogP contribution is -2.48. The van der Waals surface area contributed by atoms with Crippen molar-refractivity contribution in [3.05, 3.63) is 112 Å². The van der Waals surface area contributed by atoms with E-state index < -0.39 is 0 Å². The van der Waals surface area contributed by atoms with Crippen molar-refractivity contribution in [2.45, 2.75) is 32.2 Å². The number of aromatic nitrogens is 1. The summed E-state index contributed by atoms with van der Waals surface area (Å²) >= 11 is 0. The van der Waals surface area contributed by atoms with E-state index in [1.54, 1.807) is 24.3 Å². The molecule has 190 valence electrons. The molecule has 7 heteroatoms. The zero-order valence-corrected chi connectivity index (χ0v) is 20.8. The molecule has 0 radical (unpaired) electrons. The molecule has 37 heavy (non-hydrogen) atoms. The molecule has 1 aromatic carbocycles. The molecule has 0 atom stereocenters. The van der Waals surface area contributed by atoms with E-state index in [1.165, 1.54) is 29.5 Å². The molecule has 2 aromatic rings. The van der Waals surface area contributed by atoms with E-state index in [0.717, 1.165) is 56.6 Å². The van der Waals surface area contributed by atoms with Crippen LogP contribution in [0.2, 0.25) is 0 Å². The minimum atomic E-state index is -0.278. The zero-order chi connectivity index (χ0) is 25.6. The minimum absolute atomic E-state index is 0.0848. The van der Waals surface area contributed by atoms with Gasteiger partial charge in [-0.2, -0.15) is 0 Å². The predicted molar refractivity (Wildman–Crippen MR) is 141 cm³/mol. The number of pyridine rings is 1. The van der Waals surface area contributed by atoms with Crippen molar-refractivity contribution in [1.29, 1.82) is 0 Å². The molecule has 2 amide bonds. The number of piperazine rings is 1. The average Bonchev–Trinajstić information content (AvgIpc) is 2.95. The SMILES string of the molecule is O=C(NC1=C(C2=CC=CCC2)CCC=C1)c1ccc(C(=O)N2CCN(Cc3ccc(F)cc3)CC2)cn1. The maximum atomic E-state index is 13.1. The van der Waals surface area contributed by atoms with Gasteiger partial charge >= 0.3 is 0 Å². The molecule has 1 saturated heterocycles. The fourth-order valence-corrected chi connectivity index (χ4v) is 4.95. The highest BCUT2D eigenvalue weighted by Crippen LogP contribution is 2.29. The Balaban J connectivity index is 1.17. The lowest BCUT2D eigenvalue weighted by molar-refractivity contribution is 0.0627. The summed E-state index contributed by atoms with van der Waals surface area (Å²) in [5.74, 6) is -0.600. The van der Waals surface area contributed by atoms with Gasteiger partial charge in [-0.3, -0.25) is 19.5 Å². The summed E-state index contributed by atoms with van der Waals surface area (Å²) in [5.41, 5.74) is 5.10. The van der Waals surface area contributed by atoms with E-state index in [9.17, 15) is 14.0 Å². The van der Waals surface area contributed by atoms with Crippen LogP contribution >= 0.6 is 0 Å². The van der Waals surface area contributed by atoms with Crippen LogP contribution in [0.1, 0.15) is 52.1 Å². The van der Waals surface area contributed by atoms with Gasteiger partial charge in [-0.1, -0.05) is 36.4 Å². The number of nitrogens with zero attached hydrogens (tertiary/aromatic N) is 3. The van der Waals surface area contributed by atoms with Crippen molar-refractivity contribution in [3.63, 3.8) is 0 Å². The number of carbonyl (C=O) groups is 2. The molecule has 0 spiro atoms. The number of benzene rings is 1.